The van der Waals surface area contributed by atoms with E-state index in [-0.39, 0.29) is 5.75 Å². The SMILES string of the molecule is FCC(F)(F)Oc1cccc2ccccc12. The maximum Gasteiger partial charge on any atom is 0.427 e. The van der Waals surface area contributed by atoms with Crippen molar-refractivity contribution < 1.29 is 17.9 Å². The van der Waals surface area contributed by atoms with Crippen LogP contribution in [-0.2, 0) is 0 Å². The molecule has 0 spiro atoms. The van der Waals surface area contributed by atoms with Gasteiger partial charge in [0.25, 0.3) is 0 Å². The van der Waals surface area contributed by atoms with Gasteiger partial charge < -0.3 is 4.74 Å². The monoisotopic (exact) mass is 226 g/mol. The van der Waals surface area contributed by atoms with E-state index in [1.165, 1.54) is 6.07 Å². The number of ether oxygens (including phenoxy) is 1. The lowest BCUT2D eigenvalue weighted by Gasteiger charge is -2.15. The summed E-state index contributed by atoms with van der Waals surface area (Å²) in [4.78, 5) is 0. The highest BCUT2D eigenvalue weighted by atomic mass is 19.3. The van der Waals surface area contributed by atoms with E-state index < -0.39 is 12.8 Å². The molecule has 0 amide bonds. The molecule has 0 saturated carbocycles. The molecule has 0 heterocycles. The van der Waals surface area contributed by atoms with Gasteiger partial charge in [-0.1, -0.05) is 36.4 Å². The molecule has 2 aromatic carbocycles. The van der Waals surface area contributed by atoms with Crippen LogP contribution in [0.3, 0.4) is 0 Å². The average molecular weight is 226 g/mol. The first kappa shape index (κ1) is 10.8. The molecule has 4 heteroatoms. The Bertz CT molecular complexity index is 491. The second-order valence-electron chi connectivity index (χ2n) is 3.35. The fraction of sp³-hybridized carbons (Fsp3) is 0.167. The molecule has 0 unspecified atom stereocenters. The third-order valence-electron chi connectivity index (χ3n) is 2.16. The predicted octanol–water partition coefficient (Wildman–Crippen LogP) is 3.78. The average Bonchev–Trinajstić information content (AvgIpc) is 2.29. The molecule has 84 valence electrons. The summed E-state index contributed by atoms with van der Waals surface area (Å²) in [7, 11) is 0. The Morgan fingerprint density at radius 1 is 1.00 bits per heavy atom. The fourth-order valence-electron chi connectivity index (χ4n) is 1.47. The maximum atomic E-state index is 12.8. The van der Waals surface area contributed by atoms with Gasteiger partial charge >= 0.3 is 6.11 Å². The van der Waals surface area contributed by atoms with Crippen LogP contribution >= 0.6 is 0 Å². The largest absolute Gasteiger partial charge is 0.430 e. The molecule has 0 bridgehead atoms. The maximum absolute atomic E-state index is 12.8. The van der Waals surface area contributed by atoms with Gasteiger partial charge in [-0.25, -0.2) is 4.39 Å². The van der Waals surface area contributed by atoms with Crippen LogP contribution in [0.4, 0.5) is 13.2 Å². The minimum Gasteiger partial charge on any atom is -0.430 e. The van der Waals surface area contributed by atoms with Gasteiger partial charge in [-0.3, -0.25) is 0 Å². The summed E-state index contributed by atoms with van der Waals surface area (Å²) in [6.45, 7) is -1.84. The lowest BCUT2D eigenvalue weighted by Crippen LogP contribution is -2.27. The topological polar surface area (TPSA) is 9.23 Å². The highest BCUT2D eigenvalue weighted by molar-refractivity contribution is 5.88. The molecule has 0 N–H and O–H groups in total. The molecule has 0 radical (unpaired) electrons. The third-order valence-corrected chi connectivity index (χ3v) is 2.16. The molecule has 0 fully saturated rings. The van der Waals surface area contributed by atoms with Crippen LogP contribution in [0.5, 0.6) is 5.75 Å². The minimum atomic E-state index is -3.77. The molecular weight excluding hydrogens is 217 g/mol. The number of halogens is 3. The lowest BCUT2D eigenvalue weighted by atomic mass is 10.1. The number of hydrogen-bond donors (Lipinski definition) is 0. The Labute approximate surface area is 90.5 Å². The van der Waals surface area contributed by atoms with Crippen molar-refractivity contribution in [1.29, 1.82) is 0 Å². The van der Waals surface area contributed by atoms with Crippen molar-refractivity contribution in [3.8, 4) is 5.75 Å². The van der Waals surface area contributed by atoms with Crippen molar-refractivity contribution >= 4 is 10.8 Å². The highest BCUT2D eigenvalue weighted by Gasteiger charge is 2.32. The summed E-state index contributed by atoms with van der Waals surface area (Å²) < 4.78 is 41.9. The zero-order valence-electron chi connectivity index (χ0n) is 8.29. The number of rotatable bonds is 3. The molecule has 0 aliphatic rings. The van der Waals surface area contributed by atoms with Crippen molar-refractivity contribution in [2.75, 3.05) is 6.67 Å². The number of hydrogen-bond acceptors (Lipinski definition) is 1. The van der Waals surface area contributed by atoms with Gasteiger partial charge in [0, 0.05) is 5.39 Å². The van der Waals surface area contributed by atoms with Gasteiger partial charge in [0.15, 0.2) is 6.67 Å². The van der Waals surface area contributed by atoms with Gasteiger partial charge in [0.2, 0.25) is 0 Å². The summed E-state index contributed by atoms with van der Waals surface area (Å²) >= 11 is 0. The van der Waals surface area contributed by atoms with Crippen LogP contribution in [0, 0.1) is 0 Å². The Balaban J connectivity index is 2.45. The van der Waals surface area contributed by atoms with E-state index in [0.29, 0.717) is 5.39 Å². The van der Waals surface area contributed by atoms with Crippen LogP contribution in [0.15, 0.2) is 42.5 Å². The summed E-state index contributed by atoms with van der Waals surface area (Å²) in [6.07, 6.45) is -3.77. The Morgan fingerprint density at radius 2 is 1.69 bits per heavy atom. The van der Waals surface area contributed by atoms with Crippen LogP contribution in [0.2, 0.25) is 0 Å². The van der Waals surface area contributed by atoms with Crippen LogP contribution in [0.25, 0.3) is 10.8 Å². The van der Waals surface area contributed by atoms with Crippen LogP contribution in [-0.4, -0.2) is 12.8 Å². The van der Waals surface area contributed by atoms with Gasteiger partial charge in [-0.2, -0.15) is 8.78 Å². The Kier molecular flexibility index (Phi) is 2.73. The van der Waals surface area contributed by atoms with Gasteiger partial charge in [0.05, 0.1) is 0 Å². The molecule has 0 aromatic heterocycles. The summed E-state index contributed by atoms with van der Waals surface area (Å²) in [6, 6.07) is 11.7. The quantitative estimate of drug-likeness (QED) is 0.773. The zero-order valence-corrected chi connectivity index (χ0v) is 8.29. The summed E-state index contributed by atoms with van der Waals surface area (Å²) in [5.74, 6) is -0.0132. The Hall–Kier alpha value is -1.71. The predicted molar refractivity (Wildman–Crippen MR) is 55.5 cm³/mol. The molecule has 16 heavy (non-hydrogen) atoms. The fourth-order valence-corrected chi connectivity index (χ4v) is 1.47. The normalized spacial score (nSPS) is 11.7. The van der Waals surface area contributed by atoms with Crippen molar-refractivity contribution in [3.05, 3.63) is 42.5 Å². The lowest BCUT2D eigenvalue weighted by molar-refractivity contribution is -0.185. The smallest absolute Gasteiger partial charge is 0.427 e. The first-order valence-electron chi connectivity index (χ1n) is 4.73. The molecule has 2 aromatic rings. The molecule has 2 rings (SSSR count). The van der Waals surface area contributed by atoms with Crippen molar-refractivity contribution in [2.45, 2.75) is 6.11 Å². The second-order valence-corrected chi connectivity index (χ2v) is 3.35. The van der Waals surface area contributed by atoms with Crippen LogP contribution in [0.1, 0.15) is 0 Å². The highest BCUT2D eigenvalue weighted by Crippen LogP contribution is 2.29. The molecule has 0 atom stereocenters. The molecular formula is C12H9F3O. The molecule has 0 aliphatic heterocycles. The third kappa shape index (κ3) is 2.10. The van der Waals surface area contributed by atoms with Crippen LogP contribution < -0.4 is 4.74 Å². The Morgan fingerprint density at radius 3 is 2.44 bits per heavy atom. The standard InChI is InChI=1S/C12H9F3O/c13-8-12(14,15)16-11-7-3-5-9-4-1-2-6-10(9)11/h1-7H,8H2. The van der Waals surface area contributed by atoms with Gasteiger partial charge in [-0.15, -0.1) is 0 Å². The van der Waals surface area contributed by atoms with Gasteiger partial charge in [-0.05, 0) is 11.5 Å². The van der Waals surface area contributed by atoms with Gasteiger partial charge in [0.1, 0.15) is 5.75 Å². The first-order chi connectivity index (χ1) is 7.62. The molecule has 1 nitrogen and oxygen atoms in total. The van der Waals surface area contributed by atoms with Crippen molar-refractivity contribution in [3.63, 3.8) is 0 Å². The first-order valence-corrected chi connectivity index (χ1v) is 4.73. The van der Waals surface area contributed by atoms with E-state index >= 15 is 0 Å². The van der Waals surface area contributed by atoms with E-state index in [1.54, 1.807) is 36.4 Å². The number of fused-ring (bicyclic) bond motifs is 1. The molecule has 0 saturated heterocycles. The minimum absolute atomic E-state index is 0.0132. The summed E-state index contributed by atoms with van der Waals surface area (Å²) in [5.41, 5.74) is 0. The second kappa shape index (κ2) is 4.04. The molecule has 0 aliphatic carbocycles. The van der Waals surface area contributed by atoms with Crippen molar-refractivity contribution in [2.24, 2.45) is 0 Å². The number of benzene rings is 2. The van der Waals surface area contributed by atoms with E-state index in [9.17, 15) is 13.2 Å². The van der Waals surface area contributed by atoms with E-state index in [0.717, 1.165) is 5.39 Å². The van der Waals surface area contributed by atoms with E-state index in [1.807, 2.05) is 0 Å². The van der Waals surface area contributed by atoms with E-state index in [4.69, 9.17) is 0 Å². The summed E-state index contributed by atoms with van der Waals surface area (Å²) in [5, 5.41) is 1.31. The van der Waals surface area contributed by atoms with Crippen molar-refractivity contribution in [1.82, 2.24) is 0 Å². The number of alkyl halides is 3. The van der Waals surface area contributed by atoms with E-state index in [2.05, 4.69) is 4.74 Å². The zero-order chi connectivity index (χ0) is 11.6.